The number of rotatable bonds is 2. The highest BCUT2D eigenvalue weighted by Crippen LogP contribution is 2.33. The zero-order valence-corrected chi connectivity index (χ0v) is 10.2. The Morgan fingerprint density at radius 3 is 2.80 bits per heavy atom. The van der Waals surface area contributed by atoms with Crippen LogP contribution >= 0.6 is 0 Å². The van der Waals surface area contributed by atoms with E-state index in [2.05, 4.69) is 15.0 Å². The number of aliphatic hydroxyl groups excluding tert-OH is 2. The van der Waals surface area contributed by atoms with E-state index in [9.17, 15) is 9.50 Å². The first-order valence-corrected chi connectivity index (χ1v) is 5.87. The number of hydrogen-bond acceptors (Lipinski definition) is 8. The molecule has 1 saturated heterocycles. The third kappa shape index (κ3) is 1.77. The Hall–Kier alpha value is -2.04. The van der Waals surface area contributed by atoms with Crippen LogP contribution in [0.2, 0.25) is 0 Å². The summed E-state index contributed by atoms with van der Waals surface area (Å²) < 4.78 is 20.6. The van der Waals surface area contributed by atoms with E-state index in [1.165, 1.54) is 10.9 Å². The molecule has 2 aromatic heterocycles. The van der Waals surface area contributed by atoms with Crippen molar-refractivity contribution >= 4 is 22.9 Å². The lowest BCUT2D eigenvalue weighted by molar-refractivity contribution is -0.0459. The van der Waals surface area contributed by atoms with Gasteiger partial charge in [-0.1, -0.05) is 0 Å². The van der Waals surface area contributed by atoms with E-state index in [-0.39, 0.29) is 22.9 Å². The molecular formula is C10H13FN6O3. The van der Waals surface area contributed by atoms with Crippen LogP contribution in [0.3, 0.4) is 0 Å². The SMILES string of the molecule is Nc1nc(N)c2ncn([C@@H]3O[C@H](CO)[C@@H](O)[C@@H]3F)c2n1. The zero-order valence-electron chi connectivity index (χ0n) is 10.2. The molecule has 0 aliphatic carbocycles. The summed E-state index contributed by atoms with van der Waals surface area (Å²) in [4.78, 5) is 11.7. The summed E-state index contributed by atoms with van der Waals surface area (Å²) in [5.41, 5.74) is 11.6. The van der Waals surface area contributed by atoms with Crippen LogP contribution in [0.5, 0.6) is 0 Å². The van der Waals surface area contributed by atoms with E-state index in [0.29, 0.717) is 0 Å². The van der Waals surface area contributed by atoms with Gasteiger partial charge < -0.3 is 26.4 Å². The summed E-state index contributed by atoms with van der Waals surface area (Å²) in [5.74, 6) is -0.0108. The molecule has 1 aliphatic rings. The first kappa shape index (κ1) is 13.0. The van der Waals surface area contributed by atoms with Crippen LogP contribution in [0.25, 0.3) is 11.2 Å². The first-order chi connectivity index (χ1) is 9.52. The van der Waals surface area contributed by atoms with E-state index >= 15 is 0 Å². The molecule has 0 radical (unpaired) electrons. The fraction of sp³-hybridized carbons (Fsp3) is 0.500. The lowest BCUT2D eigenvalue weighted by Gasteiger charge is -2.15. The highest BCUT2D eigenvalue weighted by atomic mass is 19.1. The molecule has 1 fully saturated rings. The quantitative estimate of drug-likeness (QED) is 0.525. The summed E-state index contributed by atoms with van der Waals surface area (Å²) in [6, 6.07) is 0. The molecule has 0 amide bonds. The van der Waals surface area contributed by atoms with Gasteiger partial charge in [-0.15, -0.1) is 0 Å². The molecule has 9 nitrogen and oxygen atoms in total. The summed E-state index contributed by atoms with van der Waals surface area (Å²) in [7, 11) is 0. The van der Waals surface area contributed by atoms with Crippen LogP contribution in [0.4, 0.5) is 16.2 Å². The number of fused-ring (bicyclic) bond motifs is 1. The van der Waals surface area contributed by atoms with Crippen LogP contribution < -0.4 is 11.5 Å². The second-order valence-corrected chi connectivity index (χ2v) is 4.47. The number of nitrogens with zero attached hydrogens (tertiary/aromatic N) is 4. The van der Waals surface area contributed by atoms with E-state index in [4.69, 9.17) is 21.3 Å². The van der Waals surface area contributed by atoms with Crippen molar-refractivity contribution < 1.29 is 19.3 Å². The van der Waals surface area contributed by atoms with E-state index in [1.807, 2.05) is 0 Å². The molecule has 2 aromatic rings. The van der Waals surface area contributed by atoms with Gasteiger partial charge >= 0.3 is 0 Å². The van der Waals surface area contributed by atoms with Crippen LogP contribution in [-0.2, 0) is 4.74 Å². The molecule has 108 valence electrons. The molecule has 0 saturated carbocycles. The Morgan fingerprint density at radius 1 is 1.40 bits per heavy atom. The maximum Gasteiger partial charge on any atom is 0.224 e. The monoisotopic (exact) mass is 284 g/mol. The third-order valence-corrected chi connectivity index (χ3v) is 3.21. The second kappa shape index (κ2) is 4.51. The first-order valence-electron chi connectivity index (χ1n) is 5.87. The second-order valence-electron chi connectivity index (χ2n) is 4.47. The van der Waals surface area contributed by atoms with Gasteiger partial charge in [-0.3, -0.25) is 4.57 Å². The average Bonchev–Trinajstić information content (AvgIpc) is 2.93. The number of hydrogen-bond donors (Lipinski definition) is 4. The Bertz CT molecular complexity index is 649. The van der Waals surface area contributed by atoms with Crippen molar-refractivity contribution in [3.8, 4) is 0 Å². The lowest BCUT2D eigenvalue weighted by atomic mass is 10.1. The van der Waals surface area contributed by atoms with Gasteiger partial charge in [0.25, 0.3) is 0 Å². The molecule has 3 rings (SSSR count). The molecule has 0 spiro atoms. The van der Waals surface area contributed by atoms with Crippen molar-refractivity contribution in [2.75, 3.05) is 18.1 Å². The largest absolute Gasteiger partial charge is 0.394 e. The summed E-state index contributed by atoms with van der Waals surface area (Å²) in [6.07, 6.45) is -4.07. The van der Waals surface area contributed by atoms with Gasteiger partial charge in [0.1, 0.15) is 17.7 Å². The molecule has 0 unspecified atom stereocenters. The molecule has 0 aromatic carbocycles. The normalized spacial score (nSPS) is 30.1. The van der Waals surface area contributed by atoms with Crippen molar-refractivity contribution in [3.63, 3.8) is 0 Å². The number of imidazole rings is 1. The van der Waals surface area contributed by atoms with Crippen LogP contribution in [0.15, 0.2) is 6.33 Å². The topological polar surface area (TPSA) is 145 Å². The Kier molecular flexibility index (Phi) is 2.92. The molecule has 20 heavy (non-hydrogen) atoms. The molecule has 1 aliphatic heterocycles. The average molecular weight is 284 g/mol. The number of anilines is 2. The molecule has 4 atom stereocenters. The lowest BCUT2D eigenvalue weighted by Crippen LogP contribution is -2.30. The van der Waals surface area contributed by atoms with Crippen LogP contribution in [-0.4, -0.2) is 54.7 Å². The van der Waals surface area contributed by atoms with E-state index < -0.39 is 31.2 Å². The molecule has 6 N–H and O–H groups in total. The van der Waals surface area contributed by atoms with Gasteiger partial charge in [0.2, 0.25) is 5.95 Å². The maximum absolute atomic E-state index is 14.1. The number of ether oxygens (including phenoxy) is 1. The van der Waals surface area contributed by atoms with Crippen LogP contribution in [0.1, 0.15) is 6.23 Å². The van der Waals surface area contributed by atoms with Crippen molar-refractivity contribution in [3.05, 3.63) is 6.33 Å². The maximum atomic E-state index is 14.1. The third-order valence-electron chi connectivity index (χ3n) is 3.21. The minimum Gasteiger partial charge on any atom is -0.394 e. The Balaban J connectivity index is 2.07. The van der Waals surface area contributed by atoms with Crippen molar-refractivity contribution in [2.24, 2.45) is 0 Å². The standard InChI is InChI=1S/C10H13FN6O3/c11-4-6(19)3(1-18)20-9(4)17-2-14-5-7(12)15-10(13)16-8(5)17/h2-4,6,9,18-19H,1H2,(H4,12,13,15,16)/t3-,4+,6-,9-/m1/s1. The number of aliphatic hydroxyl groups is 2. The number of aromatic nitrogens is 4. The zero-order chi connectivity index (χ0) is 14.4. The van der Waals surface area contributed by atoms with E-state index in [1.54, 1.807) is 0 Å². The van der Waals surface area contributed by atoms with Gasteiger partial charge in [0, 0.05) is 0 Å². The minimum absolute atomic E-state index is 0.0684. The van der Waals surface area contributed by atoms with Crippen molar-refractivity contribution in [1.82, 2.24) is 19.5 Å². The molecule has 0 bridgehead atoms. The highest BCUT2D eigenvalue weighted by molar-refractivity contribution is 5.82. The fourth-order valence-corrected chi connectivity index (χ4v) is 2.22. The predicted molar refractivity (Wildman–Crippen MR) is 66.0 cm³/mol. The number of halogens is 1. The van der Waals surface area contributed by atoms with Gasteiger partial charge in [0.15, 0.2) is 23.9 Å². The van der Waals surface area contributed by atoms with Gasteiger partial charge in [-0.25, -0.2) is 9.37 Å². The summed E-state index contributed by atoms with van der Waals surface area (Å²) >= 11 is 0. The molecular weight excluding hydrogens is 271 g/mol. The van der Waals surface area contributed by atoms with Gasteiger partial charge in [-0.05, 0) is 0 Å². The predicted octanol–water partition coefficient (Wildman–Crippen LogP) is -1.42. The minimum atomic E-state index is -1.73. The smallest absolute Gasteiger partial charge is 0.224 e. The number of nitrogen functional groups attached to an aromatic ring is 2. The van der Waals surface area contributed by atoms with Crippen LogP contribution in [0, 0.1) is 0 Å². The molecule has 10 heteroatoms. The fourth-order valence-electron chi connectivity index (χ4n) is 2.22. The van der Waals surface area contributed by atoms with Gasteiger partial charge in [-0.2, -0.15) is 9.97 Å². The molecule has 3 heterocycles. The summed E-state index contributed by atoms with van der Waals surface area (Å²) in [5, 5.41) is 18.7. The Labute approximate surface area is 112 Å². The summed E-state index contributed by atoms with van der Waals surface area (Å²) in [6.45, 7) is -0.496. The number of alkyl halides is 1. The highest BCUT2D eigenvalue weighted by Gasteiger charge is 2.45. The number of nitrogens with two attached hydrogens (primary N) is 2. The van der Waals surface area contributed by atoms with Crippen molar-refractivity contribution in [1.29, 1.82) is 0 Å². The Morgan fingerprint density at radius 2 is 2.15 bits per heavy atom. The van der Waals surface area contributed by atoms with Crippen molar-refractivity contribution in [2.45, 2.75) is 24.6 Å². The van der Waals surface area contributed by atoms with Gasteiger partial charge in [0.05, 0.1) is 12.9 Å². The van der Waals surface area contributed by atoms with E-state index in [0.717, 1.165) is 0 Å².